The zero-order valence-electron chi connectivity index (χ0n) is 37.6. The Hall–Kier alpha value is -1.87. The van der Waals surface area contributed by atoms with E-state index in [4.69, 9.17) is 18.9 Å². The average molecular weight is 875 g/mol. The molecule has 12 nitrogen and oxygen atoms in total. The highest BCUT2D eigenvalue weighted by Crippen LogP contribution is 2.24. The Kier molecular flexibility index (Phi) is 35.2. The second kappa shape index (κ2) is 37.7. The lowest BCUT2D eigenvalue weighted by Crippen LogP contribution is -2.60. The molecule has 0 aliphatic carbocycles. The summed E-state index contributed by atoms with van der Waals surface area (Å²) < 4.78 is 54.1. The van der Waals surface area contributed by atoms with Crippen LogP contribution in [0.1, 0.15) is 206 Å². The van der Waals surface area contributed by atoms with Gasteiger partial charge in [-0.1, -0.05) is 179 Å². The molecule has 13 heteroatoms. The van der Waals surface area contributed by atoms with Crippen molar-refractivity contribution >= 4 is 22.1 Å². The number of aliphatic hydroxyl groups is 3. The van der Waals surface area contributed by atoms with Crippen molar-refractivity contribution in [3.8, 4) is 0 Å². The summed E-state index contributed by atoms with van der Waals surface area (Å²) >= 11 is 0. The number of unbranched alkanes of at least 4 members (excludes halogenated alkanes) is 25. The molecular weight excluding hydrogens is 789 g/mol. The number of hydrogen-bond acceptors (Lipinski definition) is 11. The van der Waals surface area contributed by atoms with Crippen molar-refractivity contribution in [2.45, 2.75) is 243 Å². The van der Waals surface area contributed by atoms with E-state index in [1.165, 1.54) is 109 Å². The Balaban J connectivity index is 2.42. The molecule has 1 aliphatic rings. The summed E-state index contributed by atoms with van der Waals surface area (Å²) in [7, 11) is -4.60. The number of rotatable bonds is 40. The number of carbonyl (C=O) groups is 2. The van der Waals surface area contributed by atoms with Crippen LogP contribution in [0.5, 0.6) is 0 Å². The minimum Gasteiger partial charge on any atom is -0.462 e. The van der Waals surface area contributed by atoms with Crippen molar-refractivity contribution in [2.24, 2.45) is 0 Å². The maximum atomic E-state index is 12.8. The van der Waals surface area contributed by atoms with Crippen LogP contribution in [0.15, 0.2) is 24.3 Å². The monoisotopic (exact) mass is 875 g/mol. The Morgan fingerprint density at radius 3 is 1.45 bits per heavy atom. The fourth-order valence-electron chi connectivity index (χ4n) is 7.32. The standard InChI is InChI=1S/C47H86O12S/c1-3-5-7-9-11-13-15-17-19-20-22-23-25-27-29-31-33-35-42(48)56-37-40(38-57-47-46(52)45(51)44(50)41(59-47)39-60(53,54)55)58-43(49)36-34-32-30-28-26-24-21-18-16-14-12-10-8-6-4-2/h14,16,18,21,40-41,44-47,50-52H,3-13,15,17,19-20,22-39H2,1-2H3,(H,53,54,55)/b16-14+,21-18+/t40-,41-,44-,45?,46?,47+/m1/s1. The topological polar surface area (TPSA) is 186 Å². The van der Waals surface area contributed by atoms with Gasteiger partial charge in [-0.15, -0.1) is 0 Å². The van der Waals surface area contributed by atoms with E-state index in [-0.39, 0.29) is 19.4 Å². The van der Waals surface area contributed by atoms with Gasteiger partial charge >= 0.3 is 11.9 Å². The van der Waals surface area contributed by atoms with Crippen LogP contribution in [0.4, 0.5) is 0 Å². The van der Waals surface area contributed by atoms with Crippen molar-refractivity contribution in [2.75, 3.05) is 19.0 Å². The van der Waals surface area contributed by atoms with Crippen LogP contribution in [0.2, 0.25) is 0 Å². The number of aliphatic hydroxyl groups excluding tert-OH is 3. The van der Waals surface area contributed by atoms with E-state index in [1.54, 1.807) is 0 Å². The second-order valence-electron chi connectivity index (χ2n) is 16.8. The maximum absolute atomic E-state index is 12.8. The van der Waals surface area contributed by atoms with E-state index >= 15 is 0 Å². The molecule has 1 saturated heterocycles. The number of hydrogen-bond donors (Lipinski definition) is 4. The van der Waals surface area contributed by atoms with Gasteiger partial charge in [0, 0.05) is 12.8 Å². The lowest BCUT2D eigenvalue weighted by Gasteiger charge is -2.40. The van der Waals surface area contributed by atoms with Gasteiger partial charge in [-0.25, -0.2) is 0 Å². The van der Waals surface area contributed by atoms with Gasteiger partial charge < -0.3 is 34.3 Å². The highest BCUT2D eigenvalue weighted by Gasteiger charge is 2.46. The highest BCUT2D eigenvalue weighted by atomic mass is 32.2. The fraction of sp³-hybridized carbons (Fsp3) is 0.872. The summed E-state index contributed by atoms with van der Waals surface area (Å²) in [5, 5.41) is 30.9. The van der Waals surface area contributed by atoms with E-state index in [0.717, 1.165) is 57.8 Å². The van der Waals surface area contributed by atoms with Gasteiger partial charge in [0.05, 0.1) is 6.61 Å². The van der Waals surface area contributed by atoms with Crippen LogP contribution >= 0.6 is 0 Å². The number of allylic oxidation sites excluding steroid dienone is 4. The van der Waals surface area contributed by atoms with Crippen molar-refractivity contribution in [1.29, 1.82) is 0 Å². The molecule has 0 aromatic heterocycles. The van der Waals surface area contributed by atoms with E-state index < -0.39 is 71.2 Å². The number of esters is 2. The molecule has 6 atom stereocenters. The Morgan fingerprint density at radius 1 is 0.567 bits per heavy atom. The molecule has 1 rings (SSSR count). The van der Waals surface area contributed by atoms with Gasteiger partial charge in [-0.05, 0) is 38.5 Å². The minimum absolute atomic E-state index is 0.149. The van der Waals surface area contributed by atoms with Crippen molar-refractivity contribution in [3.05, 3.63) is 24.3 Å². The molecule has 0 saturated carbocycles. The molecule has 2 unspecified atom stereocenters. The van der Waals surface area contributed by atoms with Crippen LogP contribution in [0.25, 0.3) is 0 Å². The maximum Gasteiger partial charge on any atom is 0.306 e. The van der Waals surface area contributed by atoms with Gasteiger partial charge in [0.25, 0.3) is 10.1 Å². The average Bonchev–Trinajstić information content (AvgIpc) is 3.21. The zero-order chi connectivity index (χ0) is 44.1. The molecule has 1 heterocycles. The summed E-state index contributed by atoms with van der Waals surface area (Å²) in [6.07, 6.45) is 32.2. The fourth-order valence-corrected chi connectivity index (χ4v) is 8.01. The summed E-state index contributed by atoms with van der Waals surface area (Å²) in [6.45, 7) is 3.75. The largest absolute Gasteiger partial charge is 0.462 e. The van der Waals surface area contributed by atoms with E-state index in [2.05, 4.69) is 38.2 Å². The Bertz CT molecular complexity index is 1210. The molecule has 0 bridgehead atoms. The minimum atomic E-state index is -4.60. The molecule has 0 spiro atoms. The first-order chi connectivity index (χ1) is 29.0. The van der Waals surface area contributed by atoms with Crippen molar-refractivity contribution < 1.29 is 56.8 Å². The predicted molar refractivity (Wildman–Crippen MR) is 238 cm³/mol. The van der Waals surface area contributed by atoms with Crippen LogP contribution in [-0.2, 0) is 38.7 Å². The second-order valence-corrected chi connectivity index (χ2v) is 18.3. The first-order valence-corrected chi connectivity index (χ1v) is 25.5. The Labute approximate surface area is 364 Å². The summed E-state index contributed by atoms with van der Waals surface area (Å²) in [5.41, 5.74) is 0. The van der Waals surface area contributed by atoms with Gasteiger partial charge in [-0.2, -0.15) is 8.42 Å². The smallest absolute Gasteiger partial charge is 0.306 e. The summed E-state index contributed by atoms with van der Waals surface area (Å²) in [5.74, 6) is -1.99. The molecular formula is C47H86O12S. The first-order valence-electron chi connectivity index (χ1n) is 23.9. The third kappa shape index (κ3) is 31.9. The molecule has 1 fully saturated rings. The molecule has 0 aromatic carbocycles. The number of ether oxygens (including phenoxy) is 4. The molecule has 0 radical (unpaired) electrons. The Morgan fingerprint density at radius 2 is 0.983 bits per heavy atom. The third-order valence-corrected chi connectivity index (χ3v) is 11.8. The summed E-state index contributed by atoms with van der Waals surface area (Å²) in [6, 6.07) is 0. The molecule has 0 aromatic rings. The van der Waals surface area contributed by atoms with E-state index in [9.17, 15) is 37.9 Å². The van der Waals surface area contributed by atoms with E-state index in [0.29, 0.717) is 12.8 Å². The van der Waals surface area contributed by atoms with Crippen LogP contribution < -0.4 is 0 Å². The van der Waals surface area contributed by atoms with Gasteiger partial charge in [0.2, 0.25) is 0 Å². The normalized spacial score (nSPS) is 20.3. The molecule has 60 heavy (non-hydrogen) atoms. The quantitative estimate of drug-likeness (QED) is 0.0198. The first kappa shape index (κ1) is 56.1. The van der Waals surface area contributed by atoms with E-state index in [1.807, 2.05) is 0 Å². The van der Waals surface area contributed by atoms with Crippen LogP contribution in [0, 0.1) is 0 Å². The third-order valence-electron chi connectivity index (χ3n) is 11.1. The van der Waals surface area contributed by atoms with Crippen molar-refractivity contribution in [1.82, 2.24) is 0 Å². The van der Waals surface area contributed by atoms with Crippen LogP contribution in [0.3, 0.4) is 0 Å². The SMILES string of the molecule is CCCCCC/C=C/C=C/CCCCCCCC(=O)O[C@H](COC(=O)CCCCCCCCCCCCCCCCCCC)CO[C@H]1O[C@H](CS(=O)(=O)O)[C@@H](O)C(O)C1O. The van der Waals surface area contributed by atoms with Gasteiger partial charge in [0.1, 0.15) is 36.8 Å². The van der Waals surface area contributed by atoms with Crippen LogP contribution in [-0.4, -0.2) is 96.0 Å². The zero-order valence-corrected chi connectivity index (χ0v) is 38.4. The lowest BCUT2D eigenvalue weighted by molar-refractivity contribution is -0.297. The molecule has 352 valence electrons. The molecule has 0 amide bonds. The van der Waals surface area contributed by atoms with Gasteiger partial charge in [0.15, 0.2) is 12.4 Å². The summed E-state index contributed by atoms with van der Waals surface area (Å²) in [4.78, 5) is 25.4. The van der Waals surface area contributed by atoms with Crippen molar-refractivity contribution in [3.63, 3.8) is 0 Å². The van der Waals surface area contributed by atoms with Gasteiger partial charge in [-0.3, -0.25) is 14.1 Å². The molecule has 4 N–H and O–H groups in total. The predicted octanol–water partition coefficient (Wildman–Crippen LogP) is 10.0. The lowest BCUT2D eigenvalue weighted by atomic mass is 10.00. The highest BCUT2D eigenvalue weighted by molar-refractivity contribution is 7.85. The molecule has 1 aliphatic heterocycles. The number of carbonyl (C=O) groups excluding carboxylic acids is 2.